The van der Waals surface area contributed by atoms with Crippen molar-refractivity contribution in [2.45, 2.75) is 13.8 Å². The van der Waals surface area contributed by atoms with Crippen LogP contribution in [0.5, 0.6) is 11.5 Å². The summed E-state index contributed by atoms with van der Waals surface area (Å²) in [6.07, 6.45) is 3.54. The number of methoxy groups -OCH3 is 1. The Morgan fingerprint density at radius 1 is 1.46 bits per heavy atom. The van der Waals surface area contributed by atoms with Crippen molar-refractivity contribution >= 4 is 51.5 Å². The lowest BCUT2D eigenvalue weighted by molar-refractivity contribution is -0.118. The fraction of sp³-hybridized carbons (Fsp3) is 0.176. The second-order valence-electron chi connectivity index (χ2n) is 5.48. The Morgan fingerprint density at radius 3 is 2.86 bits per heavy atom. The number of amides is 1. The number of phenolic OH excluding ortho intramolecular Hbond substituents is 1. The van der Waals surface area contributed by atoms with Crippen LogP contribution in [0.15, 0.2) is 29.4 Å². The zero-order chi connectivity index (χ0) is 20.7. The van der Waals surface area contributed by atoms with Crippen LogP contribution in [-0.2, 0) is 4.79 Å². The molecule has 1 amide bonds. The number of benzene rings is 1. The molecule has 0 atom stereocenters. The SMILES string of the molecule is COc1cc(/C=C\C(=N/NC(N)=S)c2sc(NNC(C)=O)nc2C)ccc1O. The number of nitrogens with two attached hydrogens (primary N) is 1. The minimum absolute atomic E-state index is 0.0240. The zero-order valence-electron chi connectivity index (χ0n) is 15.4. The number of aryl methyl sites for hydroxylation is 1. The third kappa shape index (κ3) is 5.93. The van der Waals surface area contributed by atoms with E-state index in [-0.39, 0.29) is 16.8 Å². The van der Waals surface area contributed by atoms with Crippen LogP contribution in [0.4, 0.5) is 5.13 Å². The number of carbonyl (C=O) groups is 1. The second-order valence-corrected chi connectivity index (χ2v) is 6.92. The predicted octanol–water partition coefficient (Wildman–Crippen LogP) is 1.88. The fourth-order valence-corrected chi connectivity index (χ4v) is 3.02. The van der Waals surface area contributed by atoms with Crippen LogP contribution < -0.4 is 26.7 Å². The van der Waals surface area contributed by atoms with Gasteiger partial charge >= 0.3 is 0 Å². The van der Waals surface area contributed by atoms with Crippen molar-refractivity contribution in [3.05, 3.63) is 40.4 Å². The summed E-state index contributed by atoms with van der Waals surface area (Å²) < 4.78 is 5.11. The van der Waals surface area contributed by atoms with Gasteiger partial charge in [-0.1, -0.05) is 23.5 Å². The Balaban J connectivity index is 2.34. The van der Waals surface area contributed by atoms with Gasteiger partial charge in [0.1, 0.15) is 5.71 Å². The number of carbonyl (C=O) groups excluding carboxylic acids is 1. The van der Waals surface area contributed by atoms with Gasteiger partial charge in [0.2, 0.25) is 11.0 Å². The second kappa shape index (κ2) is 9.67. The van der Waals surface area contributed by atoms with E-state index in [0.717, 1.165) is 10.4 Å². The summed E-state index contributed by atoms with van der Waals surface area (Å²) in [6, 6.07) is 4.96. The van der Waals surface area contributed by atoms with E-state index in [1.807, 2.05) is 6.92 Å². The Hall–Kier alpha value is -3.18. The summed E-state index contributed by atoms with van der Waals surface area (Å²) in [5, 5.41) is 14.5. The van der Waals surface area contributed by atoms with Gasteiger partial charge in [0.25, 0.3) is 0 Å². The van der Waals surface area contributed by atoms with Gasteiger partial charge in [-0.2, -0.15) is 5.10 Å². The predicted molar refractivity (Wildman–Crippen MR) is 114 cm³/mol. The summed E-state index contributed by atoms with van der Waals surface area (Å²) >= 11 is 6.11. The molecule has 28 heavy (non-hydrogen) atoms. The largest absolute Gasteiger partial charge is 0.504 e. The number of hydrazone groups is 1. The van der Waals surface area contributed by atoms with Gasteiger partial charge in [-0.15, -0.1) is 0 Å². The van der Waals surface area contributed by atoms with E-state index in [0.29, 0.717) is 22.3 Å². The molecule has 2 rings (SSSR count). The minimum Gasteiger partial charge on any atom is -0.504 e. The van der Waals surface area contributed by atoms with Crippen molar-refractivity contribution in [3.63, 3.8) is 0 Å². The standard InChI is InChI=1S/C17H20N6O3S2/c1-9-15(28-17(19-9)23-20-10(2)24)12(21-22-16(18)27)6-4-11-5-7-13(25)14(8-11)26-3/h4-8,25H,1-3H3,(H,19,23)(H,20,24)(H3,18,22,27)/b6-4-,21-12+. The number of nitrogens with zero attached hydrogens (tertiary/aromatic N) is 2. The van der Waals surface area contributed by atoms with Gasteiger partial charge in [-0.25, -0.2) is 4.98 Å². The Bertz CT molecular complexity index is 939. The molecule has 1 aromatic heterocycles. The summed E-state index contributed by atoms with van der Waals surface area (Å²) in [7, 11) is 1.48. The van der Waals surface area contributed by atoms with E-state index >= 15 is 0 Å². The Labute approximate surface area is 171 Å². The van der Waals surface area contributed by atoms with Crippen LogP contribution >= 0.6 is 23.6 Å². The van der Waals surface area contributed by atoms with Crippen LogP contribution in [0.25, 0.3) is 6.08 Å². The zero-order valence-corrected chi connectivity index (χ0v) is 17.1. The minimum atomic E-state index is -0.236. The molecule has 0 radical (unpaired) electrons. The summed E-state index contributed by atoms with van der Waals surface area (Å²) in [4.78, 5) is 16.2. The van der Waals surface area contributed by atoms with Crippen molar-refractivity contribution in [2.75, 3.05) is 12.5 Å². The first-order valence-corrected chi connectivity index (χ1v) is 9.21. The molecule has 9 nitrogen and oxygen atoms in total. The normalized spacial score (nSPS) is 11.3. The van der Waals surface area contributed by atoms with Crippen LogP contribution in [-0.4, -0.2) is 33.9 Å². The van der Waals surface area contributed by atoms with Crippen molar-refractivity contribution in [2.24, 2.45) is 10.8 Å². The first kappa shape index (κ1) is 21.1. The van der Waals surface area contributed by atoms with E-state index < -0.39 is 0 Å². The number of hydrogen-bond acceptors (Lipinski definition) is 8. The maximum Gasteiger partial charge on any atom is 0.235 e. The number of hydrogen-bond donors (Lipinski definition) is 5. The van der Waals surface area contributed by atoms with Gasteiger partial charge in [0.05, 0.1) is 17.7 Å². The first-order valence-electron chi connectivity index (χ1n) is 7.98. The van der Waals surface area contributed by atoms with Gasteiger partial charge in [0.15, 0.2) is 16.6 Å². The monoisotopic (exact) mass is 420 g/mol. The third-order valence-corrected chi connectivity index (χ3v) is 4.49. The highest BCUT2D eigenvalue weighted by Crippen LogP contribution is 2.27. The lowest BCUT2D eigenvalue weighted by Crippen LogP contribution is -2.26. The van der Waals surface area contributed by atoms with Crippen LogP contribution in [0.3, 0.4) is 0 Å². The molecule has 148 valence electrons. The number of rotatable bonds is 7. The quantitative estimate of drug-likeness (QED) is 0.260. The molecule has 0 unspecified atom stereocenters. The average Bonchev–Trinajstić information content (AvgIpc) is 3.01. The van der Waals surface area contributed by atoms with E-state index in [2.05, 4.69) is 26.4 Å². The molecule has 0 saturated carbocycles. The number of thiazole rings is 1. The van der Waals surface area contributed by atoms with Crippen LogP contribution in [0.2, 0.25) is 0 Å². The number of aromatic hydroxyl groups is 1. The van der Waals surface area contributed by atoms with Crippen molar-refractivity contribution in [3.8, 4) is 11.5 Å². The number of thiocarbonyl (C=S) groups is 1. The highest BCUT2D eigenvalue weighted by Gasteiger charge is 2.13. The average molecular weight is 421 g/mol. The summed E-state index contributed by atoms with van der Waals surface area (Å²) in [6.45, 7) is 3.21. The number of hydrazine groups is 1. The number of anilines is 1. The molecule has 1 aromatic carbocycles. The summed E-state index contributed by atoms with van der Waals surface area (Å²) in [5.74, 6) is 0.174. The highest BCUT2D eigenvalue weighted by molar-refractivity contribution is 7.80. The Kier molecular flexibility index (Phi) is 7.29. The molecule has 6 N–H and O–H groups in total. The first-order chi connectivity index (χ1) is 13.3. The molecule has 0 aliphatic heterocycles. The van der Waals surface area contributed by atoms with Gasteiger partial charge in [-0.3, -0.25) is 21.1 Å². The number of allylic oxidation sites excluding steroid dienone is 1. The fourth-order valence-electron chi connectivity index (χ4n) is 2.08. The van der Waals surface area contributed by atoms with E-state index in [9.17, 15) is 9.90 Å². The molecule has 0 aliphatic rings. The van der Waals surface area contributed by atoms with Gasteiger partial charge in [0, 0.05) is 6.92 Å². The van der Waals surface area contributed by atoms with Crippen molar-refractivity contribution in [1.29, 1.82) is 0 Å². The lowest BCUT2D eigenvalue weighted by atomic mass is 10.1. The van der Waals surface area contributed by atoms with Gasteiger partial charge < -0.3 is 15.6 Å². The number of aromatic nitrogens is 1. The maximum absolute atomic E-state index is 11.1. The van der Waals surface area contributed by atoms with Crippen molar-refractivity contribution < 1.29 is 14.6 Å². The molecule has 11 heteroatoms. The molecule has 0 spiro atoms. The van der Waals surface area contributed by atoms with Crippen LogP contribution in [0.1, 0.15) is 23.1 Å². The Morgan fingerprint density at radius 2 is 2.21 bits per heavy atom. The third-order valence-electron chi connectivity index (χ3n) is 3.30. The molecular weight excluding hydrogens is 400 g/mol. The smallest absolute Gasteiger partial charge is 0.235 e. The van der Waals surface area contributed by atoms with E-state index in [1.54, 1.807) is 24.3 Å². The highest BCUT2D eigenvalue weighted by atomic mass is 32.1. The van der Waals surface area contributed by atoms with E-state index in [4.69, 9.17) is 22.7 Å². The molecule has 0 saturated heterocycles. The van der Waals surface area contributed by atoms with E-state index in [1.165, 1.54) is 31.4 Å². The molecule has 1 heterocycles. The molecule has 0 aliphatic carbocycles. The lowest BCUT2D eigenvalue weighted by Gasteiger charge is -2.04. The number of phenols is 1. The summed E-state index contributed by atoms with van der Waals surface area (Å²) in [5.41, 5.74) is 15.3. The molecular formula is C17H20N6O3S2. The van der Waals surface area contributed by atoms with Crippen molar-refractivity contribution in [1.82, 2.24) is 15.8 Å². The van der Waals surface area contributed by atoms with Crippen LogP contribution in [0, 0.1) is 6.92 Å². The van der Waals surface area contributed by atoms with Gasteiger partial charge in [-0.05, 0) is 42.9 Å². The molecule has 2 aromatic rings. The number of ether oxygens (including phenoxy) is 1. The molecule has 0 fully saturated rings. The molecule has 0 bridgehead atoms. The topological polar surface area (TPSA) is 134 Å². The number of nitrogens with one attached hydrogen (secondary N) is 3. The maximum atomic E-state index is 11.1.